The van der Waals surface area contributed by atoms with Crippen LogP contribution < -0.4 is 4.74 Å². The van der Waals surface area contributed by atoms with Crippen LogP contribution in [-0.2, 0) is 6.61 Å². The molecule has 2 aromatic rings. The minimum atomic E-state index is -0.381. The van der Waals surface area contributed by atoms with Crippen molar-refractivity contribution in [3.63, 3.8) is 0 Å². The summed E-state index contributed by atoms with van der Waals surface area (Å²) in [5.74, 6) is 0.433. The molecular weight excluding hydrogens is 303 g/mol. The Labute approximate surface area is 131 Å². The van der Waals surface area contributed by atoms with Gasteiger partial charge in [-0.25, -0.2) is 4.39 Å². The van der Waals surface area contributed by atoms with Gasteiger partial charge in [-0.15, -0.1) is 10.2 Å². The molecule has 0 bridgehead atoms. The molecule has 0 unspecified atom stereocenters. The lowest BCUT2D eigenvalue weighted by Gasteiger charge is -2.26. The van der Waals surface area contributed by atoms with Gasteiger partial charge in [-0.3, -0.25) is 0 Å². The fraction of sp³-hybridized carbons (Fsp3) is 0.400. The topological polar surface area (TPSA) is 52.3 Å². The molecule has 0 spiro atoms. The smallest absolute Gasteiger partial charge is 0.212 e. The lowest BCUT2D eigenvalue weighted by molar-refractivity contribution is 0.275. The van der Waals surface area contributed by atoms with Crippen molar-refractivity contribution >= 4 is 17.5 Å². The fourth-order valence-electron chi connectivity index (χ4n) is 2.72. The maximum absolute atomic E-state index is 13.6. The summed E-state index contributed by atoms with van der Waals surface area (Å²) in [6.07, 6.45) is 4.61. The maximum Gasteiger partial charge on any atom is 0.212 e. The molecule has 1 atom stereocenters. The van der Waals surface area contributed by atoms with Crippen molar-refractivity contribution in [3.05, 3.63) is 35.9 Å². The van der Waals surface area contributed by atoms with Crippen molar-refractivity contribution in [1.29, 1.82) is 0 Å². The van der Waals surface area contributed by atoms with E-state index in [2.05, 4.69) is 15.3 Å². The zero-order chi connectivity index (χ0) is 14.9. The number of hydrogen-bond acceptors (Lipinski definition) is 5. The van der Waals surface area contributed by atoms with Crippen molar-refractivity contribution in [2.75, 3.05) is 0 Å². The Balaban J connectivity index is 1.55. The predicted octanol–water partition coefficient (Wildman–Crippen LogP) is 3.25. The Kier molecular flexibility index (Phi) is 3.57. The van der Waals surface area contributed by atoms with E-state index >= 15 is 0 Å². The SMILES string of the molecule is Fc1ccccc1OCc1nnc2n1N=C1CCCC[C@@H]1S2. The average molecular weight is 318 g/mol. The molecule has 4 rings (SSSR count). The van der Waals surface area contributed by atoms with Crippen LogP contribution in [0.2, 0.25) is 0 Å². The Morgan fingerprint density at radius 2 is 2.18 bits per heavy atom. The molecule has 1 aromatic heterocycles. The van der Waals surface area contributed by atoms with Crippen molar-refractivity contribution in [1.82, 2.24) is 14.9 Å². The van der Waals surface area contributed by atoms with Gasteiger partial charge in [-0.1, -0.05) is 30.3 Å². The third kappa shape index (κ3) is 2.49. The van der Waals surface area contributed by atoms with E-state index in [1.54, 1.807) is 34.6 Å². The highest BCUT2D eigenvalue weighted by molar-refractivity contribution is 8.00. The Morgan fingerprint density at radius 3 is 3.09 bits per heavy atom. The fourth-order valence-corrected chi connectivity index (χ4v) is 3.90. The molecule has 2 heterocycles. The van der Waals surface area contributed by atoms with E-state index < -0.39 is 0 Å². The zero-order valence-corrected chi connectivity index (χ0v) is 12.7. The third-order valence-corrected chi connectivity index (χ3v) is 5.12. The second kappa shape index (κ2) is 5.72. The van der Waals surface area contributed by atoms with Gasteiger partial charge in [0.25, 0.3) is 0 Å². The predicted molar refractivity (Wildman–Crippen MR) is 81.7 cm³/mol. The molecule has 1 fully saturated rings. The summed E-state index contributed by atoms with van der Waals surface area (Å²) in [5, 5.41) is 14.2. The molecule has 1 aliphatic carbocycles. The molecule has 2 aliphatic rings. The third-order valence-electron chi connectivity index (χ3n) is 3.87. The van der Waals surface area contributed by atoms with Crippen LogP contribution >= 0.6 is 11.8 Å². The van der Waals surface area contributed by atoms with Crippen LogP contribution in [0.25, 0.3) is 0 Å². The number of aromatic nitrogens is 3. The van der Waals surface area contributed by atoms with Crippen LogP contribution in [0.5, 0.6) is 5.75 Å². The van der Waals surface area contributed by atoms with Crippen molar-refractivity contribution < 1.29 is 9.13 Å². The summed E-state index contributed by atoms with van der Waals surface area (Å²) < 4.78 is 20.8. The second-order valence-electron chi connectivity index (χ2n) is 5.37. The highest BCUT2D eigenvalue weighted by atomic mass is 32.2. The van der Waals surface area contributed by atoms with Crippen LogP contribution in [0.1, 0.15) is 31.5 Å². The molecule has 1 aliphatic heterocycles. The highest BCUT2D eigenvalue weighted by Crippen LogP contribution is 2.35. The van der Waals surface area contributed by atoms with Crippen LogP contribution in [0.3, 0.4) is 0 Å². The molecular formula is C15H15FN4OS. The molecule has 1 aromatic carbocycles. The summed E-state index contributed by atoms with van der Waals surface area (Å²) in [5.41, 5.74) is 1.20. The molecule has 0 saturated heterocycles. The first-order chi connectivity index (χ1) is 10.8. The largest absolute Gasteiger partial charge is 0.482 e. The molecule has 114 valence electrons. The van der Waals surface area contributed by atoms with E-state index in [0.29, 0.717) is 11.1 Å². The Bertz CT molecular complexity index is 730. The number of para-hydroxylation sites is 1. The summed E-state index contributed by atoms with van der Waals surface area (Å²) in [6.45, 7) is 0.149. The normalized spacial score (nSPS) is 20.0. The van der Waals surface area contributed by atoms with E-state index in [1.165, 1.54) is 24.6 Å². The summed E-state index contributed by atoms with van der Waals surface area (Å²) in [4.78, 5) is 0. The molecule has 7 heteroatoms. The number of hydrogen-bond donors (Lipinski definition) is 0. The van der Waals surface area contributed by atoms with Gasteiger partial charge >= 0.3 is 0 Å². The minimum Gasteiger partial charge on any atom is -0.482 e. The quantitative estimate of drug-likeness (QED) is 0.872. The van der Waals surface area contributed by atoms with Crippen molar-refractivity contribution in [2.24, 2.45) is 5.10 Å². The molecule has 0 N–H and O–H groups in total. The van der Waals surface area contributed by atoms with Gasteiger partial charge in [-0.2, -0.15) is 9.78 Å². The van der Waals surface area contributed by atoms with Gasteiger partial charge in [0.2, 0.25) is 5.16 Å². The standard InChI is InChI=1S/C15H15FN4OS/c16-10-5-1-3-7-12(10)21-9-14-17-18-15-20(14)19-11-6-2-4-8-13(11)22-15/h1,3,5,7,13H,2,4,6,8-9H2/t13-/m0/s1. The number of ether oxygens (including phenoxy) is 1. The molecule has 0 radical (unpaired) electrons. The summed E-state index contributed by atoms with van der Waals surface area (Å²) in [7, 11) is 0. The first kappa shape index (κ1) is 13.8. The minimum absolute atomic E-state index is 0.149. The van der Waals surface area contributed by atoms with Gasteiger partial charge in [0, 0.05) is 0 Å². The van der Waals surface area contributed by atoms with E-state index in [1.807, 2.05) is 0 Å². The Morgan fingerprint density at radius 1 is 1.27 bits per heavy atom. The zero-order valence-electron chi connectivity index (χ0n) is 11.9. The average Bonchev–Trinajstić information content (AvgIpc) is 2.94. The number of thioether (sulfide) groups is 1. The number of rotatable bonds is 3. The van der Waals surface area contributed by atoms with Gasteiger partial charge in [0.05, 0.1) is 11.0 Å². The van der Waals surface area contributed by atoms with Gasteiger partial charge in [0.15, 0.2) is 17.4 Å². The monoisotopic (exact) mass is 318 g/mol. The van der Waals surface area contributed by atoms with E-state index in [-0.39, 0.29) is 18.2 Å². The molecule has 1 saturated carbocycles. The first-order valence-corrected chi connectivity index (χ1v) is 8.25. The summed E-state index contributed by atoms with van der Waals surface area (Å²) >= 11 is 1.72. The number of halogens is 1. The van der Waals surface area contributed by atoms with Crippen LogP contribution in [0.15, 0.2) is 34.5 Å². The van der Waals surface area contributed by atoms with Crippen LogP contribution in [0, 0.1) is 5.82 Å². The lowest BCUT2D eigenvalue weighted by Crippen LogP contribution is -2.27. The van der Waals surface area contributed by atoms with Gasteiger partial charge in [-0.05, 0) is 31.4 Å². The van der Waals surface area contributed by atoms with E-state index in [4.69, 9.17) is 4.74 Å². The first-order valence-electron chi connectivity index (χ1n) is 7.37. The van der Waals surface area contributed by atoms with Gasteiger partial charge in [0.1, 0.15) is 6.61 Å². The number of nitrogens with zero attached hydrogens (tertiary/aromatic N) is 4. The second-order valence-corrected chi connectivity index (χ2v) is 6.54. The lowest BCUT2D eigenvalue weighted by atomic mass is 9.98. The van der Waals surface area contributed by atoms with Crippen LogP contribution in [0.4, 0.5) is 4.39 Å². The summed E-state index contributed by atoms with van der Waals surface area (Å²) in [6, 6.07) is 6.34. The van der Waals surface area contributed by atoms with Gasteiger partial charge < -0.3 is 4.74 Å². The highest BCUT2D eigenvalue weighted by Gasteiger charge is 2.29. The maximum atomic E-state index is 13.6. The van der Waals surface area contributed by atoms with Crippen molar-refractivity contribution in [2.45, 2.75) is 42.7 Å². The van der Waals surface area contributed by atoms with E-state index in [9.17, 15) is 4.39 Å². The Hall–Kier alpha value is -1.89. The molecule has 0 amide bonds. The molecule has 5 nitrogen and oxygen atoms in total. The van der Waals surface area contributed by atoms with E-state index in [0.717, 1.165) is 18.0 Å². The molecule has 22 heavy (non-hydrogen) atoms. The number of fused-ring (bicyclic) bond motifs is 2. The van der Waals surface area contributed by atoms with Crippen LogP contribution in [-0.4, -0.2) is 25.8 Å². The number of benzene rings is 1. The van der Waals surface area contributed by atoms with Crippen molar-refractivity contribution in [3.8, 4) is 5.75 Å².